The van der Waals surface area contributed by atoms with E-state index < -0.39 is 17.2 Å². The molecule has 1 fully saturated rings. The Morgan fingerprint density at radius 1 is 1.42 bits per heavy atom. The van der Waals surface area contributed by atoms with E-state index in [0.29, 0.717) is 19.4 Å². The zero-order valence-electron chi connectivity index (χ0n) is 11.2. The Labute approximate surface area is 112 Å². The van der Waals surface area contributed by atoms with Crippen molar-refractivity contribution in [2.75, 3.05) is 6.61 Å². The van der Waals surface area contributed by atoms with E-state index in [-0.39, 0.29) is 18.1 Å². The number of rotatable bonds is 4. The molecule has 2 atom stereocenters. The monoisotopic (exact) mass is 270 g/mol. The zero-order valence-corrected chi connectivity index (χ0v) is 11.2. The standard InChI is InChI=1S/C15H20F2O2/c1-2-3-13-10-15(18,6-7-19-13)9-11-8-12(16)4-5-14(11)17/h4-5,8,13,18H,2-3,6-7,9-10H2,1H3. The average Bonchev–Trinajstić information content (AvgIpc) is 2.34. The number of aliphatic hydroxyl groups is 1. The first-order valence-corrected chi connectivity index (χ1v) is 6.80. The van der Waals surface area contributed by atoms with Gasteiger partial charge in [0.25, 0.3) is 0 Å². The lowest BCUT2D eigenvalue weighted by Crippen LogP contribution is -2.42. The maximum Gasteiger partial charge on any atom is 0.126 e. The fraction of sp³-hybridized carbons (Fsp3) is 0.600. The highest BCUT2D eigenvalue weighted by molar-refractivity contribution is 5.21. The van der Waals surface area contributed by atoms with Crippen LogP contribution >= 0.6 is 0 Å². The molecule has 0 aromatic heterocycles. The van der Waals surface area contributed by atoms with Gasteiger partial charge in [0.05, 0.1) is 11.7 Å². The molecule has 19 heavy (non-hydrogen) atoms. The summed E-state index contributed by atoms with van der Waals surface area (Å²) in [6.07, 6.45) is 2.96. The van der Waals surface area contributed by atoms with Crippen molar-refractivity contribution >= 4 is 0 Å². The average molecular weight is 270 g/mol. The minimum Gasteiger partial charge on any atom is -0.389 e. The molecule has 2 rings (SSSR count). The summed E-state index contributed by atoms with van der Waals surface area (Å²) < 4.78 is 32.4. The summed E-state index contributed by atoms with van der Waals surface area (Å²) in [7, 11) is 0. The second kappa shape index (κ2) is 5.97. The van der Waals surface area contributed by atoms with Crippen LogP contribution in [0.25, 0.3) is 0 Å². The van der Waals surface area contributed by atoms with Crippen molar-refractivity contribution in [1.29, 1.82) is 0 Å². The van der Waals surface area contributed by atoms with Crippen molar-refractivity contribution in [2.24, 2.45) is 0 Å². The third-order valence-corrected chi connectivity index (χ3v) is 3.67. The number of ether oxygens (including phenoxy) is 1. The van der Waals surface area contributed by atoms with E-state index in [1.54, 1.807) is 0 Å². The van der Waals surface area contributed by atoms with Crippen molar-refractivity contribution in [3.05, 3.63) is 35.4 Å². The van der Waals surface area contributed by atoms with Crippen LogP contribution < -0.4 is 0 Å². The first kappa shape index (κ1) is 14.4. The van der Waals surface area contributed by atoms with Gasteiger partial charge in [-0.3, -0.25) is 0 Å². The van der Waals surface area contributed by atoms with Gasteiger partial charge in [0.15, 0.2) is 0 Å². The van der Waals surface area contributed by atoms with Gasteiger partial charge in [-0.05, 0) is 36.6 Å². The normalized spacial score (nSPS) is 27.5. The molecule has 1 aliphatic heterocycles. The summed E-state index contributed by atoms with van der Waals surface area (Å²) in [5, 5.41) is 10.6. The molecule has 1 saturated heterocycles. The van der Waals surface area contributed by atoms with Crippen molar-refractivity contribution in [3.8, 4) is 0 Å². The van der Waals surface area contributed by atoms with Crippen molar-refractivity contribution in [2.45, 2.75) is 50.7 Å². The van der Waals surface area contributed by atoms with Crippen LogP contribution in [-0.4, -0.2) is 23.4 Å². The third-order valence-electron chi connectivity index (χ3n) is 3.67. The Morgan fingerprint density at radius 3 is 2.95 bits per heavy atom. The highest BCUT2D eigenvalue weighted by Gasteiger charge is 2.35. The van der Waals surface area contributed by atoms with Crippen LogP contribution in [0.15, 0.2) is 18.2 Å². The van der Waals surface area contributed by atoms with Gasteiger partial charge < -0.3 is 9.84 Å². The Kier molecular flexibility index (Phi) is 4.53. The summed E-state index contributed by atoms with van der Waals surface area (Å²) in [5.74, 6) is -0.939. The van der Waals surface area contributed by atoms with Gasteiger partial charge in [0, 0.05) is 19.4 Å². The van der Waals surface area contributed by atoms with E-state index in [1.807, 2.05) is 0 Å². The van der Waals surface area contributed by atoms with Gasteiger partial charge in [0.2, 0.25) is 0 Å². The van der Waals surface area contributed by atoms with Crippen LogP contribution in [-0.2, 0) is 11.2 Å². The van der Waals surface area contributed by atoms with E-state index in [2.05, 4.69) is 6.92 Å². The van der Waals surface area contributed by atoms with Crippen LogP contribution in [0.2, 0.25) is 0 Å². The van der Waals surface area contributed by atoms with E-state index in [0.717, 1.165) is 31.0 Å². The van der Waals surface area contributed by atoms with E-state index in [9.17, 15) is 13.9 Å². The lowest BCUT2D eigenvalue weighted by molar-refractivity contribution is -0.105. The quantitative estimate of drug-likeness (QED) is 0.910. The van der Waals surface area contributed by atoms with Crippen LogP contribution in [0.4, 0.5) is 8.78 Å². The predicted molar refractivity (Wildman–Crippen MR) is 68.9 cm³/mol. The van der Waals surface area contributed by atoms with Crippen molar-refractivity contribution in [1.82, 2.24) is 0 Å². The van der Waals surface area contributed by atoms with Gasteiger partial charge in [0.1, 0.15) is 11.6 Å². The molecule has 4 heteroatoms. The van der Waals surface area contributed by atoms with E-state index >= 15 is 0 Å². The maximum absolute atomic E-state index is 13.6. The number of hydrogen-bond acceptors (Lipinski definition) is 2. The highest BCUT2D eigenvalue weighted by Crippen LogP contribution is 2.31. The van der Waals surface area contributed by atoms with Gasteiger partial charge in [-0.2, -0.15) is 0 Å². The maximum atomic E-state index is 13.6. The van der Waals surface area contributed by atoms with Crippen LogP contribution in [0.3, 0.4) is 0 Å². The first-order valence-electron chi connectivity index (χ1n) is 6.80. The summed E-state index contributed by atoms with van der Waals surface area (Å²) in [4.78, 5) is 0. The molecule has 106 valence electrons. The molecule has 2 nitrogen and oxygen atoms in total. The molecule has 0 bridgehead atoms. The molecule has 1 N–H and O–H groups in total. The molecule has 0 spiro atoms. The van der Waals surface area contributed by atoms with Gasteiger partial charge in [-0.25, -0.2) is 8.78 Å². The van der Waals surface area contributed by atoms with Crippen LogP contribution in [0.1, 0.15) is 38.2 Å². The SMILES string of the molecule is CCCC1CC(O)(Cc2cc(F)ccc2F)CCO1. The molecule has 0 amide bonds. The Morgan fingerprint density at radius 2 is 2.21 bits per heavy atom. The molecule has 1 aromatic carbocycles. The Balaban J connectivity index is 2.09. The molecule has 1 heterocycles. The Bertz CT molecular complexity index is 434. The molecule has 1 aliphatic rings. The fourth-order valence-electron chi connectivity index (χ4n) is 2.70. The molecule has 0 saturated carbocycles. The van der Waals surface area contributed by atoms with Crippen molar-refractivity contribution < 1.29 is 18.6 Å². The number of hydrogen-bond donors (Lipinski definition) is 1. The van der Waals surface area contributed by atoms with E-state index in [4.69, 9.17) is 4.74 Å². The van der Waals surface area contributed by atoms with Crippen LogP contribution in [0.5, 0.6) is 0 Å². The second-order valence-electron chi connectivity index (χ2n) is 5.37. The smallest absolute Gasteiger partial charge is 0.126 e. The van der Waals surface area contributed by atoms with Crippen molar-refractivity contribution in [3.63, 3.8) is 0 Å². The minimum atomic E-state index is -0.993. The molecule has 0 aliphatic carbocycles. The zero-order chi connectivity index (χ0) is 13.9. The number of halogens is 2. The molecule has 1 aromatic rings. The van der Waals surface area contributed by atoms with Crippen LogP contribution in [0, 0.1) is 11.6 Å². The summed E-state index contributed by atoms with van der Waals surface area (Å²) in [5.41, 5.74) is -0.758. The second-order valence-corrected chi connectivity index (χ2v) is 5.37. The summed E-state index contributed by atoms with van der Waals surface area (Å²) in [6, 6.07) is 3.36. The molecule has 2 unspecified atom stereocenters. The molecule has 0 radical (unpaired) electrons. The predicted octanol–water partition coefficient (Wildman–Crippen LogP) is 3.22. The first-order chi connectivity index (χ1) is 9.02. The highest BCUT2D eigenvalue weighted by atomic mass is 19.1. The summed E-state index contributed by atoms with van der Waals surface area (Å²) in [6.45, 7) is 2.53. The topological polar surface area (TPSA) is 29.5 Å². The van der Waals surface area contributed by atoms with E-state index in [1.165, 1.54) is 0 Å². The lowest BCUT2D eigenvalue weighted by atomic mass is 9.83. The van der Waals surface area contributed by atoms with Gasteiger partial charge in [-0.1, -0.05) is 13.3 Å². The molecular formula is C15H20F2O2. The third kappa shape index (κ3) is 3.74. The Hall–Kier alpha value is -1.00. The fourth-order valence-corrected chi connectivity index (χ4v) is 2.70. The molecular weight excluding hydrogens is 250 g/mol. The largest absolute Gasteiger partial charge is 0.389 e. The summed E-state index contributed by atoms with van der Waals surface area (Å²) >= 11 is 0. The van der Waals surface area contributed by atoms with Gasteiger partial charge >= 0.3 is 0 Å². The lowest BCUT2D eigenvalue weighted by Gasteiger charge is -2.37. The number of benzene rings is 1. The van der Waals surface area contributed by atoms with Gasteiger partial charge in [-0.15, -0.1) is 0 Å². The minimum absolute atomic E-state index is 0.0142.